The minimum Gasteiger partial charge on any atom is -0.226 e. The maximum atomic E-state index is 6.57. The van der Waals surface area contributed by atoms with Crippen molar-refractivity contribution in [2.75, 3.05) is 0 Å². The Labute approximate surface area is 155 Å². The average molecular weight is 363 g/mol. The molecule has 3 aromatic carbocycles. The molecule has 0 aliphatic carbocycles. The predicted molar refractivity (Wildman–Crippen MR) is 105 cm³/mol. The first kappa shape index (κ1) is 16.1. The zero-order valence-electron chi connectivity index (χ0n) is 13.6. The molecule has 0 saturated carbocycles. The fourth-order valence-corrected chi connectivity index (χ4v) is 4.23. The standard InChI is InChI=1S/C21H15ClN2S/c1-14-23-20(22)19(21(24-14)25-16-10-3-2-4-11-16)18-13-7-9-15-8-5-6-12-17(15)18/h2-13H,1H3. The molecule has 25 heavy (non-hydrogen) atoms. The molecular formula is C21H15ClN2S. The molecule has 0 atom stereocenters. The molecule has 122 valence electrons. The highest BCUT2D eigenvalue weighted by Gasteiger charge is 2.17. The molecule has 0 amide bonds. The van der Waals surface area contributed by atoms with Crippen molar-refractivity contribution >= 4 is 34.1 Å². The molecule has 4 rings (SSSR count). The number of aryl methyl sites for hydroxylation is 1. The van der Waals surface area contributed by atoms with E-state index in [-0.39, 0.29) is 0 Å². The molecule has 0 bridgehead atoms. The highest BCUT2D eigenvalue weighted by atomic mass is 35.5. The summed E-state index contributed by atoms with van der Waals surface area (Å²) in [5.41, 5.74) is 1.94. The third-order valence-electron chi connectivity index (χ3n) is 3.96. The minimum absolute atomic E-state index is 0.488. The van der Waals surface area contributed by atoms with Gasteiger partial charge in [-0.05, 0) is 35.4 Å². The number of halogens is 1. The van der Waals surface area contributed by atoms with E-state index in [1.165, 1.54) is 5.39 Å². The van der Waals surface area contributed by atoms with Gasteiger partial charge in [-0.2, -0.15) is 0 Å². The SMILES string of the molecule is Cc1nc(Cl)c(-c2cccc3ccccc23)c(Sc2ccccc2)n1. The molecule has 0 N–H and O–H groups in total. The number of aromatic nitrogens is 2. The van der Waals surface area contributed by atoms with Crippen molar-refractivity contribution in [1.82, 2.24) is 9.97 Å². The molecule has 0 fully saturated rings. The highest BCUT2D eigenvalue weighted by molar-refractivity contribution is 7.99. The van der Waals surface area contributed by atoms with Crippen LogP contribution in [0.25, 0.3) is 21.9 Å². The molecule has 0 radical (unpaired) electrons. The van der Waals surface area contributed by atoms with Crippen molar-refractivity contribution in [3.05, 3.63) is 83.8 Å². The summed E-state index contributed by atoms with van der Waals surface area (Å²) in [7, 11) is 0. The molecule has 4 aromatic rings. The van der Waals surface area contributed by atoms with Gasteiger partial charge in [0.1, 0.15) is 16.0 Å². The minimum atomic E-state index is 0.488. The van der Waals surface area contributed by atoms with Gasteiger partial charge in [0.2, 0.25) is 0 Å². The van der Waals surface area contributed by atoms with Crippen LogP contribution in [0.3, 0.4) is 0 Å². The van der Waals surface area contributed by atoms with Crippen molar-refractivity contribution in [1.29, 1.82) is 0 Å². The smallest absolute Gasteiger partial charge is 0.141 e. The summed E-state index contributed by atoms with van der Waals surface area (Å²) < 4.78 is 0. The van der Waals surface area contributed by atoms with Gasteiger partial charge in [-0.15, -0.1) is 0 Å². The predicted octanol–water partition coefficient (Wildman–Crippen LogP) is 6.41. The van der Waals surface area contributed by atoms with Gasteiger partial charge in [-0.1, -0.05) is 84.0 Å². The average Bonchev–Trinajstić information content (AvgIpc) is 2.62. The first-order valence-electron chi connectivity index (χ1n) is 7.97. The number of hydrogen-bond donors (Lipinski definition) is 0. The molecule has 4 heteroatoms. The largest absolute Gasteiger partial charge is 0.226 e. The molecule has 0 spiro atoms. The lowest BCUT2D eigenvalue weighted by molar-refractivity contribution is 0.973. The van der Waals surface area contributed by atoms with E-state index in [1.54, 1.807) is 11.8 Å². The van der Waals surface area contributed by atoms with Crippen LogP contribution in [0.15, 0.2) is 82.7 Å². The maximum Gasteiger partial charge on any atom is 0.141 e. The summed E-state index contributed by atoms with van der Waals surface area (Å²) in [6.45, 7) is 1.87. The zero-order valence-corrected chi connectivity index (χ0v) is 15.2. The van der Waals surface area contributed by atoms with E-state index >= 15 is 0 Å². The van der Waals surface area contributed by atoms with Gasteiger partial charge in [-0.3, -0.25) is 0 Å². The number of rotatable bonds is 3. The van der Waals surface area contributed by atoms with Gasteiger partial charge >= 0.3 is 0 Å². The second kappa shape index (κ2) is 6.87. The summed E-state index contributed by atoms with van der Waals surface area (Å²) in [6, 6.07) is 24.7. The Morgan fingerprint density at radius 1 is 0.800 bits per heavy atom. The Morgan fingerprint density at radius 2 is 1.52 bits per heavy atom. The topological polar surface area (TPSA) is 25.8 Å². The fourth-order valence-electron chi connectivity index (χ4n) is 2.86. The van der Waals surface area contributed by atoms with E-state index in [0.717, 1.165) is 26.4 Å². The van der Waals surface area contributed by atoms with Gasteiger partial charge in [0, 0.05) is 4.90 Å². The maximum absolute atomic E-state index is 6.57. The third kappa shape index (κ3) is 3.26. The summed E-state index contributed by atoms with van der Waals surface area (Å²) in [5.74, 6) is 0.674. The summed E-state index contributed by atoms with van der Waals surface area (Å²) in [6.07, 6.45) is 0. The van der Waals surface area contributed by atoms with Crippen LogP contribution in [0, 0.1) is 6.92 Å². The van der Waals surface area contributed by atoms with Gasteiger partial charge in [0.25, 0.3) is 0 Å². The van der Waals surface area contributed by atoms with Gasteiger partial charge in [0.05, 0.1) is 5.56 Å². The van der Waals surface area contributed by atoms with E-state index in [1.807, 2.05) is 43.3 Å². The highest BCUT2D eigenvalue weighted by Crippen LogP contribution is 2.40. The number of benzene rings is 3. The molecule has 1 aromatic heterocycles. The summed E-state index contributed by atoms with van der Waals surface area (Å²) >= 11 is 8.18. The Balaban J connectivity index is 1.94. The van der Waals surface area contributed by atoms with Crippen LogP contribution in [-0.2, 0) is 0 Å². The summed E-state index contributed by atoms with van der Waals surface area (Å²) in [5, 5.41) is 3.68. The monoisotopic (exact) mass is 362 g/mol. The second-order valence-electron chi connectivity index (χ2n) is 5.68. The van der Waals surface area contributed by atoms with Crippen LogP contribution in [0.1, 0.15) is 5.82 Å². The lowest BCUT2D eigenvalue weighted by Crippen LogP contribution is -1.96. The van der Waals surface area contributed by atoms with E-state index < -0.39 is 0 Å². The molecule has 0 aliphatic rings. The molecule has 1 heterocycles. The Kier molecular flexibility index (Phi) is 4.43. The van der Waals surface area contributed by atoms with Crippen molar-refractivity contribution in [2.24, 2.45) is 0 Å². The van der Waals surface area contributed by atoms with Crippen LogP contribution in [0.4, 0.5) is 0 Å². The van der Waals surface area contributed by atoms with Crippen LogP contribution in [0.2, 0.25) is 5.15 Å². The third-order valence-corrected chi connectivity index (χ3v) is 5.23. The van der Waals surface area contributed by atoms with Gasteiger partial charge < -0.3 is 0 Å². The summed E-state index contributed by atoms with van der Waals surface area (Å²) in [4.78, 5) is 10.2. The van der Waals surface area contributed by atoms with E-state index in [9.17, 15) is 0 Å². The fraction of sp³-hybridized carbons (Fsp3) is 0.0476. The van der Waals surface area contributed by atoms with E-state index in [0.29, 0.717) is 11.0 Å². The van der Waals surface area contributed by atoms with Gasteiger partial charge in [0.15, 0.2) is 0 Å². The number of hydrogen-bond acceptors (Lipinski definition) is 3. The molecule has 0 saturated heterocycles. The van der Waals surface area contributed by atoms with Crippen molar-refractivity contribution < 1.29 is 0 Å². The van der Waals surface area contributed by atoms with Crippen LogP contribution >= 0.6 is 23.4 Å². The lowest BCUT2D eigenvalue weighted by Gasteiger charge is -2.13. The van der Waals surface area contributed by atoms with Crippen molar-refractivity contribution in [3.8, 4) is 11.1 Å². The van der Waals surface area contributed by atoms with Crippen LogP contribution in [-0.4, -0.2) is 9.97 Å². The van der Waals surface area contributed by atoms with Crippen LogP contribution < -0.4 is 0 Å². The van der Waals surface area contributed by atoms with Gasteiger partial charge in [-0.25, -0.2) is 9.97 Å². The lowest BCUT2D eigenvalue weighted by atomic mass is 10.0. The Hall–Kier alpha value is -2.36. The normalized spacial score (nSPS) is 11.0. The number of fused-ring (bicyclic) bond motifs is 1. The van der Waals surface area contributed by atoms with E-state index in [2.05, 4.69) is 46.4 Å². The number of nitrogens with zero attached hydrogens (tertiary/aromatic N) is 2. The first-order valence-corrected chi connectivity index (χ1v) is 9.17. The molecule has 0 unspecified atom stereocenters. The van der Waals surface area contributed by atoms with Crippen molar-refractivity contribution in [3.63, 3.8) is 0 Å². The zero-order chi connectivity index (χ0) is 17.2. The molecule has 0 aliphatic heterocycles. The molecular weight excluding hydrogens is 348 g/mol. The van der Waals surface area contributed by atoms with E-state index in [4.69, 9.17) is 11.6 Å². The van der Waals surface area contributed by atoms with Crippen LogP contribution in [0.5, 0.6) is 0 Å². The molecule has 2 nitrogen and oxygen atoms in total. The van der Waals surface area contributed by atoms with Crippen molar-refractivity contribution in [2.45, 2.75) is 16.8 Å². The Bertz CT molecular complexity index is 1040. The Morgan fingerprint density at radius 3 is 2.36 bits per heavy atom. The second-order valence-corrected chi connectivity index (χ2v) is 7.10. The first-order chi connectivity index (χ1) is 12.2. The quantitative estimate of drug-likeness (QED) is 0.394.